The maximum atomic E-state index is 12.8. The largest absolute Gasteiger partial charge is 0.322 e. The molecule has 2 heterocycles. The monoisotopic (exact) mass is 297 g/mol. The third-order valence-corrected chi connectivity index (χ3v) is 6.28. The van der Waals surface area contributed by atoms with Gasteiger partial charge in [-0.3, -0.25) is 4.79 Å². The Kier molecular flexibility index (Phi) is 2.41. The number of para-hydroxylation sites is 1. The van der Waals surface area contributed by atoms with E-state index in [1.54, 1.807) is 0 Å². The van der Waals surface area contributed by atoms with Crippen molar-refractivity contribution in [3.63, 3.8) is 0 Å². The van der Waals surface area contributed by atoms with Gasteiger partial charge in [0.15, 0.2) is 17.2 Å². The Labute approximate surface area is 129 Å². The molecule has 3 N–H and O–H groups in total. The third kappa shape index (κ3) is 1.36. The number of rotatable bonds is 0. The van der Waals surface area contributed by atoms with Crippen molar-refractivity contribution in [3.05, 3.63) is 41.1 Å². The summed E-state index contributed by atoms with van der Waals surface area (Å²) in [5.41, 5.74) is 10.6. The summed E-state index contributed by atoms with van der Waals surface area (Å²) >= 11 is 0. The standard InChI is InChI=1S/C18H21N2O2/c19-13-9-20(22)14-7-2-1-5-12(14)17-15(21)8-10-4-3-6-11(13)16(10)18(17)20/h1-2,5,7,10-11,13,17,22H,3-4,6,8-9,19H2/q+1/t10-,11+,13+,17?,20?/m1/s1. The summed E-state index contributed by atoms with van der Waals surface area (Å²) in [6.45, 7) is 0.497. The Balaban J connectivity index is 1.85. The second kappa shape index (κ2) is 4.07. The second-order valence-corrected chi connectivity index (χ2v) is 7.35. The van der Waals surface area contributed by atoms with Crippen molar-refractivity contribution in [2.24, 2.45) is 17.6 Å². The molecule has 4 heteroatoms. The Bertz CT molecular complexity index is 726. The van der Waals surface area contributed by atoms with Crippen molar-refractivity contribution in [2.45, 2.75) is 37.6 Å². The molecule has 2 aliphatic heterocycles. The molecule has 1 saturated carbocycles. The molecule has 0 radical (unpaired) electrons. The lowest BCUT2D eigenvalue weighted by molar-refractivity contribution is -0.124. The zero-order chi connectivity index (χ0) is 15.1. The van der Waals surface area contributed by atoms with E-state index in [4.69, 9.17) is 5.73 Å². The predicted octanol–water partition coefficient (Wildman–Crippen LogP) is 2.46. The van der Waals surface area contributed by atoms with Gasteiger partial charge >= 0.3 is 0 Å². The number of hydroxylamine groups is 2. The normalized spacial score (nSPS) is 42.2. The number of ketones is 1. The van der Waals surface area contributed by atoms with Gasteiger partial charge in [-0.25, -0.2) is 5.21 Å². The molecule has 114 valence electrons. The molecule has 1 aromatic carbocycles. The number of nitrogens with zero attached hydrogens (tertiary/aromatic N) is 1. The lowest BCUT2D eigenvalue weighted by atomic mass is 9.64. The summed E-state index contributed by atoms with van der Waals surface area (Å²) < 4.78 is -0.212. The molecule has 22 heavy (non-hydrogen) atoms. The van der Waals surface area contributed by atoms with E-state index in [1.165, 1.54) is 5.57 Å². The Hall–Kier alpha value is -1.49. The topological polar surface area (TPSA) is 63.3 Å². The minimum atomic E-state index is -0.236. The average Bonchev–Trinajstić information content (AvgIpc) is 2.78. The van der Waals surface area contributed by atoms with Crippen LogP contribution in [0.2, 0.25) is 0 Å². The number of hydrogen-bond acceptors (Lipinski definition) is 3. The van der Waals surface area contributed by atoms with Crippen LogP contribution in [0.15, 0.2) is 35.5 Å². The van der Waals surface area contributed by atoms with Gasteiger partial charge < -0.3 is 5.73 Å². The van der Waals surface area contributed by atoms with Gasteiger partial charge in [0.25, 0.3) is 0 Å². The molecule has 0 aromatic heterocycles. The van der Waals surface area contributed by atoms with Crippen LogP contribution in [0.25, 0.3) is 0 Å². The van der Waals surface area contributed by atoms with Crippen LogP contribution in [-0.4, -0.2) is 23.6 Å². The summed E-state index contributed by atoms with van der Waals surface area (Å²) in [7, 11) is 0. The van der Waals surface area contributed by atoms with E-state index in [9.17, 15) is 10.0 Å². The SMILES string of the molecule is N[C@H]1C[N+]2(O)C3=C4[C@H](CCC[C@H]41)CC(=O)C3c1ccccc12. The molecule has 1 aromatic rings. The maximum Gasteiger partial charge on any atom is 0.174 e. The predicted molar refractivity (Wildman–Crippen MR) is 83.1 cm³/mol. The lowest BCUT2D eigenvalue weighted by Gasteiger charge is -2.46. The van der Waals surface area contributed by atoms with Gasteiger partial charge in [-0.1, -0.05) is 24.6 Å². The summed E-state index contributed by atoms with van der Waals surface area (Å²) in [5.74, 6) is 0.710. The smallest absolute Gasteiger partial charge is 0.174 e. The number of nitrogens with two attached hydrogens (primary N) is 1. The zero-order valence-electron chi connectivity index (χ0n) is 12.5. The lowest BCUT2D eigenvalue weighted by Crippen LogP contribution is -2.60. The van der Waals surface area contributed by atoms with Crippen molar-refractivity contribution < 1.29 is 10.0 Å². The van der Waals surface area contributed by atoms with Gasteiger partial charge in [0.2, 0.25) is 0 Å². The van der Waals surface area contributed by atoms with Crippen molar-refractivity contribution in [1.82, 2.24) is 4.65 Å². The van der Waals surface area contributed by atoms with Crippen LogP contribution in [0.3, 0.4) is 0 Å². The molecule has 2 aliphatic carbocycles. The third-order valence-electron chi connectivity index (χ3n) is 6.28. The molecule has 2 unspecified atom stereocenters. The highest BCUT2D eigenvalue weighted by molar-refractivity contribution is 5.95. The first-order valence-corrected chi connectivity index (χ1v) is 8.34. The number of Topliss-reactive ketones (excluding diaryl/α,β-unsaturated/α-hetero) is 1. The first kappa shape index (κ1) is 13.0. The number of quaternary nitrogens is 1. The van der Waals surface area contributed by atoms with E-state index in [-0.39, 0.29) is 22.4 Å². The fourth-order valence-electron chi connectivity index (χ4n) is 5.51. The fourth-order valence-corrected chi connectivity index (χ4v) is 5.51. The molecular formula is C18H21N2O2+. The quantitative estimate of drug-likeness (QED) is 0.723. The summed E-state index contributed by atoms with van der Waals surface area (Å²) in [6, 6.07) is 7.85. The van der Waals surface area contributed by atoms with Crippen LogP contribution in [0.4, 0.5) is 5.69 Å². The van der Waals surface area contributed by atoms with E-state index in [2.05, 4.69) is 0 Å². The van der Waals surface area contributed by atoms with Gasteiger partial charge in [0, 0.05) is 24.0 Å². The molecule has 1 fully saturated rings. The number of allylic oxidation sites excluding steroid dienone is 1. The second-order valence-electron chi connectivity index (χ2n) is 7.35. The Morgan fingerprint density at radius 1 is 1.23 bits per heavy atom. The fraction of sp³-hybridized carbons (Fsp3) is 0.500. The first-order chi connectivity index (χ1) is 10.6. The van der Waals surface area contributed by atoms with Crippen LogP contribution >= 0.6 is 0 Å². The van der Waals surface area contributed by atoms with E-state index in [0.29, 0.717) is 24.8 Å². The number of carbonyl (C=O) groups excluding carboxylic acids is 1. The van der Waals surface area contributed by atoms with Crippen molar-refractivity contribution >= 4 is 11.5 Å². The van der Waals surface area contributed by atoms with Crippen LogP contribution in [0, 0.1) is 11.8 Å². The minimum absolute atomic E-state index is 0.0217. The van der Waals surface area contributed by atoms with E-state index in [0.717, 1.165) is 36.2 Å². The summed E-state index contributed by atoms with van der Waals surface area (Å²) in [6.07, 6.45) is 3.95. The zero-order valence-corrected chi connectivity index (χ0v) is 12.5. The van der Waals surface area contributed by atoms with Gasteiger partial charge in [0.05, 0.1) is 6.04 Å². The minimum Gasteiger partial charge on any atom is -0.322 e. The molecule has 0 spiro atoms. The van der Waals surface area contributed by atoms with Crippen LogP contribution in [0.1, 0.15) is 37.2 Å². The first-order valence-electron chi connectivity index (χ1n) is 8.34. The maximum absolute atomic E-state index is 12.8. The van der Waals surface area contributed by atoms with Crippen LogP contribution in [0.5, 0.6) is 0 Å². The highest BCUT2D eigenvalue weighted by Gasteiger charge is 2.61. The molecule has 0 amide bonds. The number of fused-ring (bicyclic) bond motifs is 3. The van der Waals surface area contributed by atoms with Crippen molar-refractivity contribution in [2.75, 3.05) is 6.54 Å². The molecule has 5 atom stereocenters. The van der Waals surface area contributed by atoms with E-state index in [1.807, 2.05) is 24.3 Å². The Morgan fingerprint density at radius 3 is 2.91 bits per heavy atom. The van der Waals surface area contributed by atoms with Crippen LogP contribution < -0.4 is 10.4 Å². The molecule has 0 bridgehead atoms. The number of carbonyl (C=O) groups is 1. The van der Waals surface area contributed by atoms with Gasteiger partial charge in [-0.05, 0) is 24.3 Å². The van der Waals surface area contributed by atoms with Crippen LogP contribution in [-0.2, 0) is 4.79 Å². The summed E-state index contributed by atoms with van der Waals surface area (Å²) in [4.78, 5) is 12.8. The Morgan fingerprint density at radius 2 is 2.05 bits per heavy atom. The van der Waals surface area contributed by atoms with E-state index >= 15 is 0 Å². The highest BCUT2D eigenvalue weighted by atomic mass is 16.5. The highest BCUT2D eigenvalue weighted by Crippen LogP contribution is 2.59. The number of benzene rings is 1. The summed E-state index contributed by atoms with van der Waals surface area (Å²) in [5, 5.41) is 11.5. The molecule has 5 rings (SSSR count). The molecule has 4 aliphatic rings. The van der Waals surface area contributed by atoms with Crippen molar-refractivity contribution in [3.8, 4) is 0 Å². The van der Waals surface area contributed by atoms with Gasteiger partial charge in [0.1, 0.15) is 12.5 Å². The molecule has 4 nitrogen and oxygen atoms in total. The molecule has 0 saturated heterocycles. The van der Waals surface area contributed by atoms with Gasteiger partial charge in [-0.15, -0.1) is 4.65 Å². The number of hydrogen-bond donors (Lipinski definition) is 2. The molecular weight excluding hydrogens is 276 g/mol. The van der Waals surface area contributed by atoms with Crippen molar-refractivity contribution in [1.29, 1.82) is 0 Å². The van der Waals surface area contributed by atoms with Gasteiger partial charge in [-0.2, -0.15) is 0 Å². The average molecular weight is 297 g/mol. The van der Waals surface area contributed by atoms with E-state index < -0.39 is 0 Å².